The normalized spacial score (nSPS) is 16.9. The summed E-state index contributed by atoms with van der Waals surface area (Å²) in [6.45, 7) is 0. The van der Waals surface area contributed by atoms with Gasteiger partial charge in [-0.25, -0.2) is 4.79 Å². The van der Waals surface area contributed by atoms with E-state index in [9.17, 15) is 15.0 Å². The summed E-state index contributed by atoms with van der Waals surface area (Å²) in [7, 11) is 0. The summed E-state index contributed by atoms with van der Waals surface area (Å²) in [4.78, 5) is 10.9. The minimum Gasteiger partial charge on any atom is -0.508 e. The first-order valence-electron chi connectivity index (χ1n) is 5.88. The fourth-order valence-electron chi connectivity index (χ4n) is 2.53. The zero-order valence-electron chi connectivity index (χ0n) is 9.52. The SMILES string of the molecule is O=C(O)c1cc(O)cc(C2CCCCC2)c1O. The smallest absolute Gasteiger partial charge is 0.339 e. The molecule has 0 saturated heterocycles. The van der Waals surface area contributed by atoms with E-state index in [1.807, 2.05) is 0 Å². The minimum atomic E-state index is -1.21. The van der Waals surface area contributed by atoms with Crippen LogP contribution in [0.1, 0.15) is 53.9 Å². The van der Waals surface area contributed by atoms with Crippen LogP contribution >= 0.6 is 0 Å². The van der Waals surface area contributed by atoms with Gasteiger partial charge in [-0.1, -0.05) is 19.3 Å². The number of benzene rings is 1. The number of rotatable bonds is 2. The molecule has 0 heterocycles. The van der Waals surface area contributed by atoms with Gasteiger partial charge in [-0.05, 0) is 30.9 Å². The topological polar surface area (TPSA) is 77.8 Å². The maximum Gasteiger partial charge on any atom is 0.339 e. The van der Waals surface area contributed by atoms with Gasteiger partial charge in [0.25, 0.3) is 0 Å². The number of hydrogen-bond acceptors (Lipinski definition) is 3. The summed E-state index contributed by atoms with van der Waals surface area (Å²) < 4.78 is 0. The number of carboxylic acid groups (broad SMARTS) is 1. The van der Waals surface area contributed by atoms with Crippen molar-refractivity contribution in [2.45, 2.75) is 38.0 Å². The van der Waals surface area contributed by atoms with Crippen LogP contribution in [-0.4, -0.2) is 21.3 Å². The molecule has 0 aliphatic heterocycles. The molecule has 0 bridgehead atoms. The molecule has 4 heteroatoms. The van der Waals surface area contributed by atoms with Crippen molar-refractivity contribution in [2.24, 2.45) is 0 Å². The predicted molar refractivity (Wildman–Crippen MR) is 62.6 cm³/mol. The largest absolute Gasteiger partial charge is 0.508 e. The van der Waals surface area contributed by atoms with Crippen LogP contribution in [0.15, 0.2) is 12.1 Å². The van der Waals surface area contributed by atoms with E-state index in [1.54, 1.807) is 0 Å². The van der Waals surface area contributed by atoms with E-state index in [-0.39, 0.29) is 23.0 Å². The van der Waals surface area contributed by atoms with E-state index in [2.05, 4.69) is 0 Å². The lowest BCUT2D eigenvalue weighted by Gasteiger charge is -2.23. The van der Waals surface area contributed by atoms with Crippen molar-refractivity contribution in [1.29, 1.82) is 0 Å². The van der Waals surface area contributed by atoms with Gasteiger partial charge in [-0.15, -0.1) is 0 Å². The Morgan fingerprint density at radius 1 is 1.12 bits per heavy atom. The molecule has 1 aromatic rings. The van der Waals surface area contributed by atoms with Crippen LogP contribution in [0.3, 0.4) is 0 Å². The molecule has 2 rings (SSSR count). The van der Waals surface area contributed by atoms with Crippen molar-refractivity contribution in [2.75, 3.05) is 0 Å². The first kappa shape index (κ1) is 11.8. The van der Waals surface area contributed by atoms with Gasteiger partial charge in [0.2, 0.25) is 0 Å². The van der Waals surface area contributed by atoms with Crippen molar-refractivity contribution in [3.63, 3.8) is 0 Å². The van der Waals surface area contributed by atoms with Crippen LogP contribution < -0.4 is 0 Å². The molecule has 0 spiro atoms. The number of carboxylic acids is 1. The van der Waals surface area contributed by atoms with Gasteiger partial charge >= 0.3 is 5.97 Å². The summed E-state index contributed by atoms with van der Waals surface area (Å²) in [6, 6.07) is 2.57. The van der Waals surface area contributed by atoms with Crippen LogP contribution in [0.25, 0.3) is 0 Å². The molecular weight excluding hydrogens is 220 g/mol. The first-order valence-corrected chi connectivity index (χ1v) is 5.88. The van der Waals surface area contributed by atoms with Gasteiger partial charge in [-0.3, -0.25) is 0 Å². The first-order chi connectivity index (χ1) is 8.09. The van der Waals surface area contributed by atoms with E-state index >= 15 is 0 Å². The average molecular weight is 236 g/mol. The molecule has 4 nitrogen and oxygen atoms in total. The van der Waals surface area contributed by atoms with Crippen molar-refractivity contribution in [3.05, 3.63) is 23.3 Å². The average Bonchev–Trinajstić information content (AvgIpc) is 2.32. The zero-order valence-corrected chi connectivity index (χ0v) is 9.52. The van der Waals surface area contributed by atoms with Crippen LogP contribution in [0.4, 0.5) is 0 Å². The molecule has 0 atom stereocenters. The fraction of sp³-hybridized carbons (Fsp3) is 0.462. The van der Waals surface area contributed by atoms with Gasteiger partial charge < -0.3 is 15.3 Å². The van der Waals surface area contributed by atoms with Crippen molar-refractivity contribution in [1.82, 2.24) is 0 Å². The lowest BCUT2D eigenvalue weighted by Crippen LogP contribution is -2.07. The van der Waals surface area contributed by atoms with Gasteiger partial charge in [0.15, 0.2) is 0 Å². The number of hydrogen-bond donors (Lipinski definition) is 3. The highest BCUT2D eigenvalue weighted by Gasteiger charge is 2.23. The van der Waals surface area contributed by atoms with E-state index in [0.717, 1.165) is 31.7 Å². The van der Waals surface area contributed by atoms with Gasteiger partial charge in [0.05, 0.1) is 0 Å². The molecule has 17 heavy (non-hydrogen) atoms. The maximum atomic E-state index is 10.9. The molecule has 0 radical (unpaired) electrons. The van der Waals surface area contributed by atoms with E-state index < -0.39 is 5.97 Å². The summed E-state index contributed by atoms with van der Waals surface area (Å²) in [6.07, 6.45) is 5.23. The summed E-state index contributed by atoms with van der Waals surface area (Å²) in [5.41, 5.74) is 0.354. The van der Waals surface area contributed by atoms with Crippen LogP contribution in [0.2, 0.25) is 0 Å². The number of carbonyl (C=O) groups is 1. The summed E-state index contributed by atoms with van der Waals surface area (Å²) >= 11 is 0. The molecule has 92 valence electrons. The summed E-state index contributed by atoms with van der Waals surface area (Å²) in [5.74, 6) is -1.34. The van der Waals surface area contributed by atoms with Crippen LogP contribution in [0.5, 0.6) is 11.5 Å². The highest BCUT2D eigenvalue weighted by atomic mass is 16.4. The second kappa shape index (κ2) is 4.65. The number of phenolic OH excluding ortho intramolecular Hbond substituents is 1. The fourth-order valence-corrected chi connectivity index (χ4v) is 2.53. The molecule has 0 amide bonds. The second-order valence-electron chi connectivity index (χ2n) is 4.57. The molecule has 1 aromatic carbocycles. The second-order valence-corrected chi connectivity index (χ2v) is 4.57. The van der Waals surface area contributed by atoms with Gasteiger partial charge in [0.1, 0.15) is 17.1 Å². The molecule has 1 aliphatic rings. The Morgan fingerprint density at radius 2 is 1.76 bits per heavy atom. The van der Waals surface area contributed by atoms with Crippen molar-refractivity contribution < 1.29 is 20.1 Å². The predicted octanol–water partition coefficient (Wildman–Crippen LogP) is 2.84. The van der Waals surface area contributed by atoms with Crippen molar-refractivity contribution >= 4 is 5.97 Å². The highest BCUT2D eigenvalue weighted by molar-refractivity contribution is 5.92. The third-order valence-electron chi connectivity index (χ3n) is 3.40. The number of aromatic carboxylic acids is 1. The number of aromatic hydroxyl groups is 2. The standard InChI is InChI=1S/C13H16O4/c14-9-6-10(8-4-2-1-3-5-8)12(15)11(7-9)13(16)17/h6-8,14-15H,1-5H2,(H,16,17). The molecule has 3 N–H and O–H groups in total. The molecule has 0 aromatic heterocycles. The molecule has 0 unspecified atom stereocenters. The van der Waals surface area contributed by atoms with Crippen molar-refractivity contribution in [3.8, 4) is 11.5 Å². The Balaban J connectivity index is 2.41. The van der Waals surface area contributed by atoms with E-state index in [4.69, 9.17) is 5.11 Å². The van der Waals surface area contributed by atoms with E-state index in [1.165, 1.54) is 12.5 Å². The van der Waals surface area contributed by atoms with Gasteiger partial charge in [0, 0.05) is 5.56 Å². The third-order valence-corrected chi connectivity index (χ3v) is 3.40. The quantitative estimate of drug-likeness (QED) is 0.690. The Morgan fingerprint density at radius 3 is 2.35 bits per heavy atom. The molecule has 1 saturated carbocycles. The molecular formula is C13H16O4. The Bertz CT molecular complexity index is 433. The lowest BCUT2D eigenvalue weighted by molar-refractivity contribution is 0.0693. The lowest BCUT2D eigenvalue weighted by atomic mass is 9.83. The van der Waals surface area contributed by atoms with E-state index in [0.29, 0.717) is 5.56 Å². The number of phenols is 2. The van der Waals surface area contributed by atoms with Crippen LogP contribution in [-0.2, 0) is 0 Å². The van der Waals surface area contributed by atoms with Gasteiger partial charge in [-0.2, -0.15) is 0 Å². The Hall–Kier alpha value is -1.71. The zero-order chi connectivity index (χ0) is 12.4. The molecule has 1 fully saturated rings. The third kappa shape index (κ3) is 2.35. The molecule has 1 aliphatic carbocycles. The maximum absolute atomic E-state index is 10.9. The van der Waals surface area contributed by atoms with Crippen LogP contribution in [0, 0.1) is 0 Å². The minimum absolute atomic E-state index is 0.0965. The monoisotopic (exact) mass is 236 g/mol. The highest BCUT2D eigenvalue weighted by Crippen LogP contribution is 2.40. The summed E-state index contributed by atoms with van der Waals surface area (Å²) in [5, 5.41) is 28.4. The Labute approximate surface area is 99.5 Å². The Kier molecular flexibility index (Phi) is 3.22.